The van der Waals surface area contributed by atoms with E-state index >= 15 is 0 Å². The van der Waals surface area contributed by atoms with Crippen molar-refractivity contribution in [3.05, 3.63) is 53.5 Å². The van der Waals surface area contributed by atoms with Gasteiger partial charge in [0.1, 0.15) is 17.2 Å². The molecule has 0 N–H and O–H groups in total. The van der Waals surface area contributed by atoms with Gasteiger partial charge in [0.2, 0.25) is 5.95 Å². The number of anilines is 1. The van der Waals surface area contributed by atoms with E-state index in [1.807, 2.05) is 0 Å². The molecule has 3 fully saturated rings. The van der Waals surface area contributed by atoms with Gasteiger partial charge in [0, 0.05) is 35.3 Å². The number of nitrogens with zero attached hydrogens (tertiary/aromatic N) is 4. The molecule has 38 heavy (non-hydrogen) atoms. The van der Waals surface area contributed by atoms with Crippen LogP contribution in [-0.2, 0) is 16.1 Å². The van der Waals surface area contributed by atoms with Crippen molar-refractivity contribution < 1.29 is 32.3 Å². The normalized spacial score (nSPS) is 22.6. The maximum Gasteiger partial charge on any atom is 0.387 e. The van der Waals surface area contributed by atoms with Crippen LogP contribution in [0.4, 0.5) is 14.7 Å². The first-order valence-electron chi connectivity index (χ1n) is 12.9. The molecule has 9 nitrogen and oxygen atoms in total. The number of para-hydroxylation sites is 1. The molecule has 1 aliphatic carbocycles. The first kappa shape index (κ1) is 24.7. The van der Waals surface area contributed by atoms with Gasteiger partial charge in [-0.25, -0.2) is 14.8 Å². The molecule has 2 saturated heterocycles. The Bertz CT molecular complexity index is 1300. The van der Waals surface area contributed by atoms with E-state index in [-0.39, 0.29) is 42.2 Å². The molecule has 2 aromatic heterocycles. The van der Waals surface area contributed by atoms with E-state index in [1.54, 1.807) is 30.5 Å². The van der Waals surface area contributed by atoms with E-state index in [4.69, 9.17) is 18.7 Å². The lowest BCUT2D eigenvalue weighted by Crippen LogP contribution is -2.46. The van der Waals surface area contributed by atoms with Crippen molar-refractivity contribution in [1.29, 1.82) is 0 Å². The lowest BCUT2D eigenvalue weighted by Gasteiger charge is -2.38. The van der Waals surface area contributed by atoms with Crippen molar-refractivity contribution in [2.24, 2.45) is 0 Å². The summed E-state index contributed by atoms with van der Waals surface area (Å²) in [5, 5.41) is 4.26. The minimum absolute atomic E-state index is 0.00472. The molecule has 2 aliphatic heterocycles. The van der Waals surface area contributed by atoms with Crippen molar-refractivity contribution in [3.8, 4) is 17.0 Å². The highest BCUT2D eigenvalue weighted by Gasteiger charge is 2.43. The average molecular weight is 527 g/mol. The number of halogens is 2. The molecular formula is C27H28F2N4O5. The number of aromatic nitrogens is 3. The number of benzene rings is 1. The second-order valence-electron chi connectivity index (χ2n) is 9.95. The van der Waals surface area contributed by atoms with Gasteiger partial charge in [-0.2, -0.15) is 8.78 Å². The van der Waals surface area contributed by atoms with Crippen LogP contribution in [0.25, 0.3) is 11.3 Å². The van der Waals surface area contributed by atoms with Crippen LogP contribution < -0.4 is 9.64 Å². The van der Waals surface area contributed by atoms with E-state index in [9.17, 15) is 13.6 Å². The van der Waals surface area contributed by atoms with Crippen LogP contribution >= 0.6 is 0 Å². The number of alkyl halides is 2. The third-order valence-corrected chi connectivity index (χ3v) is 7.55. The Morgan fingerprint density at radius 2 is 1.89 bits per heavy atom. The summed E-state index contributed by atoms with van der Waals surface area (Å²) < 4.78 is 47.8. The Balaban J connectivity index is 1.19. The summed E-state index contributed by atoms with van der Waals surface area (Å²) in [5.41, 5.74) is 1.97. The van der Waals surface area contributed by atoms with E-state index in [2.05, 4.69) is 20.0 Å². The van der Waals surface area contributed by atoms with Crippen molar-refractivity contribution in [1.82, 2.24) is 15.1 Å². The highest BCUT2D eigenvalue weighted by atomic mass is 19.3. The second kappa shape index (κ2) is 10.3. The zero-order valence-electron chi connectivity index (χ0n) is 20.9. The number of methoxy groups -OCH3 is 1. The smallest absolute Gasteiger partial charge is 0.387 e. The molecular weight excluding hydrogens is 498 g/mol. The quantitative estimate of drug-likeness (QED) is 0.352. The molecule has 11 heteroatoms. The highest BCUT2D eigenvalue weighted by Crippen LogP contribution is 2.46. The summed E-state index contributed by atoms with van der Waals surface area (Å²) in [5.74, 6) is 1.14. The monoisotopic (exact) mass is 526 g/mol. The molecule has 0 spiro atoms. The minimum Gasteiger partial charge on any atom is -0.464 e. The first-order valence-corrected chi connectivity index (χ1v) is 12.9. The Morgan fingerprint density at radius 1 is 1.13 bits per heavy atom. The summed E-state index contributed by atoms with van der Waals surface area (Å²) in [6.45, 7) is -2.67. The van der Waals surface area contributed by atoms with Crippen LogP contribution in [0.3, 0.4) is 0 Å². The van der Waals surface area contributed by atoms with Gasteiger partial charge in [0.25, 0.3) is 0 Å². The summed E-state index contributed by atoms with van der Waals surface area (Å²) >= 11 is 0. The number of fused-ring (bicyclic) bond motifs is 2. The summed E-state index contributed by atoms with van der Waals surface area (Å²) in [7, 11) is 1.33. The number of ether oxygens (including phenoxy) is 3. The number of hydrogen-bond acceptors (Lipinski definition) is 9. The Kier molecular flexibility index (Phi) is 6.69. The molecule has 3 aliphatic rings. The van der Waals surface area contributed by atoms with Crippen LogP contribution in [0, 0.1) is 0 Å². The molecule has 200 valence electrons. The van der Waals surface area contributed by atoms with Crippen LogP contribution in [-0.4, -0.2) is 53.0 Å². The Labute approximate surface area is 218 Å². The molecule has 3 atom stereocenters. The highest BCUT2D eigenvalue weighted by molar-refractivity contribution is 5.87. The largest absolute Gasteiger partial charge is 0.464 e. The number of hydrogen-bond donors (Lipinski definition) is 0. The number of piperidine rings is 1. The molecule has 0 radical (unpaired) electrons. The zero-order chi connectivity index (χ0) is 26.2. The van der Waals surface area contributed by atoms with Gasteiger partial charge in [-0.1, -0.05) is 17.3 Å². The third-order valence-electron chi connectivity index (χ3n) is 7.55. The van der Waals surface area contributed by atoms with Gasteiger partial charge in [-0.05, 0) is 56.7 Å². The van der Waals surface area contributed by atoms with Crippen LogP contribution in [0.15, 0.2) is 41.1 Å². The lowest BCUT2D eigenvalue weighted by atomic mass is 9.99. The minimum atomic E-state index is -2.94. The predicted octanol–water partition coefficient (Wildman–Crippen LogP) is 5.11. The fourth-order valence-electron chi connectivity index (χ4n) is 5.68. The van der Waals surface area contributed by atoms with E-state index in [0.717, 1.165) is 49.8 Å². The standard InChI is InChI=1S/C27H28F2N4O5/c1-35-25(34)21-10-11-30-27(31-21)33-16-8-9-17(33)13-18(12-16)36-14-20-23(32-38-24(20)15-6-7-15)19-4-2-3-5-22(19)37-26(28)29/h2-5,10-11,15-18,26H,6-9,12-14H2,1H3/t16-,17+,18?. The van der Waals surface area contributed by atoms with Crippen LogP contribution in [0.2, 0.25) is 0 Å². The molecule has 4 heterocycles. The fourth-order valence-corrected chi connectivity index (χ4v) is 5.68. The average Bonchev–Trinajstić information content (AvgIpc) is 3.63. The predicted molar refractivity (Wildman–Crippen MR) is 131 cm³/mol. The summed E-state index contributed by atoms with van der Waals surface area (Å²) in [6, 6.07) is 8.54. The maximum absolute atomic E-state index is 13.0. The van der Waals surface area contributed by atoms with E-state index in [0.29, 0.717) is 17.2 Å². The van der Waals surface area contributed by atoms with Gasteiger partial charge in [0.15, 0.2) is 5.69 Å². The fraction of sp³-hybridized carbons (Fsp3) is 0.481. The molecule has 1 unspecified atom stereocenters. The van der Waals surface area contributed by atoms with E-state index in [1.165, 1.54) is 13.2 Å². The van der Waals surface area contributed by atoms with Gasteiger partial charge in [0.05, 0.1) is 19.8 Å². The van der Waals surface area contributed by atoms with Gasteiger partial charge >= 0.3 is 12.6 Å². The van der Waals surface area contributed by atoms with Gasteiger partial charge < -0.3 is 23.6 Å². The number of esters is 1. The summed E-state index contributed by atoms with van der Waals surface area (Å²) in [6.07, 6.45) is 7.13. The Morgan fingerprint density at radius 3 is 2.61 bits per heavy atom. The van der Waals surface area contributed by atoms with Crippen LogP contribution in [0.5, 0.6) is 5.75 Å². The number of rotatable bonds is 9. The molecule has 2 bridgehead atoms. The van der Waals surface area contributed by atoms with Crippen molar-refractivity contribution in [2.45, 2.75) is 75.8 Å². The molecule has 3 aromatic rings. The number of carbonyl (C=O) groups is 1. The van der Waals surface area contributed by atoms with Crippen LogP contribution in [0.1, 0.15) is 66.3 Å². The molecule has 1 saturated carbocycles. The van der Waals surface area contributed by atoms with Crippen molar-refractivity contribution >= 4 is 11.9 Å². The SMILES string of the molecule is COC(=O)c1ccnc(N2[C@@H]3CC[C@H]2CC(OCc2c(-c4ccccc4OC(F)F)noc2C2CC2)C3)n1. The molecule has 0 amide bonds. The van der Waals surface area contributed by atoms with Crippen molar-refractivity contribution in [3.63, 3.8) is 0 Å². The second-order valence-corrected chi connectivity index (χ2v) is 9.95. The zero-order valence-corrected chi connectivity index (χ0v) is 20.9. The molecule has 1 aromatic carbocycles. The van der Waals surface area contributed by atoms with Gasteiger partial charge in [-0.3, -0.25) is 0 Å². The maximum atomic E-state index is 13.0. The molecule has 6 rings (SSSR count). The van der Waals surface area contributed by atoms with E-state index < -0.39 is 12.6 Å². The van der Waals surface area contributed by atoms with Gasteiger partial charge in [-0.15, -0.1) is 0 Å². The summed E-state index contributed by atoms with van der Waals surface area (Å²) in [4.78, 5) is 23.0. The Hall–Kier alpha value is -3.60. The third kappa shape index (κ3) is 4.82. The van der Waals surface area contributed by atoms with Crippen molar-refractivity contribution in [2.75, 3.05) is 12.0 Å². The lowest BCUT2D eigenvalue weighted by molar-refractivity contribution is -0.0494. The number of carbonyl (C=O) groups excluding carboxylic acids is 1. The topological polar surface area (TPSA) is 99.8 Å². The first-order chi connectivity index (χ1) is 18.5.